The number of ketones is 1. The molecule has 2 heterocycles. The van der Waals surface area contributed by atoms with E-state index in [2.05, 4.69) is 21.4 Å². The molecular formula is C18H22N4O2. The molecule has 0 aliphatic carbocycles. The fraction of sp³-hybridized carbons (Fsp3) is 0.389. The number of carbonyl (C=O) groups excluding carboxylic acids is 1. The van der Waals surface area contributed by atoms with Crippen LogP contribution >= 0.6 is 0 Å². The van der Waals surface area contributed by atoms with Crippen LogP contribution in [0.2, 0.25) is 0 Å². The van der Waals surface area contributed by atoms with Gasteiger partial charge in [-0.15, -0.1) is 0 Å². The van der Waals surface area contributed by atoms with Crippen molar-refractivity contribution in [2.45, 2.75) is 20.4 Å². The maximum atomic E-state index is 12.6. The summed E-state index contributed by atoms with van der Waals surface area (Å²) in [5.74, 6) is -0.0645. The SMILES string of the molecule is C=C(C)N1CCN(c2ccc3ncn(CC(C)=O)c(=O)c3c2)CC1. The Morgan fingerprint density at radius 1 is 1.21 bits per heavy atom. The summed E-state index contributed by atoms with van der Waals surface area (Å²) in [6, 6.07) is 5.76. The van der Waals surface area contributed by atoms with Crippen LogP contribution in [0.4, 0.5) is 5.69 Å². The minimum atomic E-state index is -0.169. The van der Waals surface area contributed by atoms with Crippen molar-refractivity contribution >= 4 is 22.4 Å². The third-order valence-corrected chi connectivity index (χ3v) is 4.39. The minimum absolute atomic E-state index is 0.0588. The maximum absolute atomic E-state index is 12.6. The van der Waals surface area contributed by atoms with Gasteiger partial charge < -0.3 is 9.80 Å². The van der Waals surface area contributed by atoms with Crippen molar-refractivity contribution in [3.63, 3.8) is 0 Å². The molecule has 0 radical (unpaired) electrons. The molecule has 0 spiro atoms. The third kappa shape index (κ3) is 3.18. The van der Waals surface area contributed by atoms with Crippen molar-refractivity contribution < 1.29 is 4.79 Å². The first kappa shape index (κ1) is 16.2. The number of carbonyl (C=O) groups is 1. The lowest BCUT2D eigenvalue weighted by molar-refractivity contribution is -0.117. The summed E-state index contributed by atoms with van der Waals surface area (Å²) in [5.41, 5.74) is 2.59. The zero-order valence-corrected chi connectivity index (χ0v) is 14.2. The van der Waals surface area contributed by atoms with Gasteiger partial charge in [-0.1, -0.05) is 6.58 Å². The van der Waals surface area contributed by atoms with Gasteiger partial charge in [-0.3, -0.25) is 14.2 Å². The van der Waals surface area contributed by atoms with Gasteiger partial charge in [0.15, 0.2) is 0 Å². The average molecular weight is 326 g/mol. The molecule has 24 heavy (non-hydrogen) atoms. The van der Waals surface area contributed by atoms with Crippen LogP contribution in [0.3, 0.4) is 0 Å². The van der Waals surface area contributed by atoms with Crippen LogP contribution in [0.5, 0.6) is 0 Å². The van der Waals surface area contributed by atoms with Crippen molar-refractivity contribution in [2.75, 3.05) is 31.1 Å². The van der Waals surface area contributed by atoms with E-state index in [0.29, 0.717) is 10.9 Å². The monoisotopic (exact) mass is 326 g/mol. The second-order valence-electron chi connectivity index (χ2n) is 6.29. The number of benzene rings is 1. The first-order valence-electron chi connectivity index (χ1n) is 8.10. The van der Waals surface area contributed by atoms with Crippen LogP contribution in [-0.4, -0.2) is 46.4 Å². The number of allylic oxidation sites excluding steroid dienone is 1. The van der Waals surface area contributed by atoms with Gasteiger partial charge in [0.2, 0.25) is 0 Å². The molecule has 1 aromatic heterocycles. The lowest BCUT2D eigenvalue weighted by atomic mass is 10.2. The van der Waals surface area contributed by atoms with E-state index in [0.717, 1.165) is 37.6 Å². The molecule has 0 bridgehead atoms. The molecule has 6 nitrogen and oxygen atoms in total. The van der Waals surface area contributed by atoms with E-state index in [4.69, 9.17) is 0 Å². The molecule has 126 valence electrons. The fourth-order valence-electron chi connectivity index (χ4n) is 3.04. The van der Waals surface area contributed by atoms with Gasteiger partial charge in [0.1, 0.15) is 5.78 Å². The van der Waals surface area contributed by atoms with Crippen molar-refractivity contribution in [1.29, 1.82) is 0 Å². The van der Waals surface area contributed by atoms with Crippen LogP contribution in [0, 0.1) is 0 Å². The molecule has 0 amide bonds. The van der Waals surface area contributed by atoms with E-state index in [-0.39, 0.29) is 17.9 Å². The third-order valence-electron chi connectivity index (χ3n) is 4.39. The fourth-order valence-corrected chi connectivity index (χ4v) is 3.04. The van der Waals surface area contributed by atoms with E-state index in [1.807, 2.05) is 25.1 Å². The van der Waals surface area contributed by atoms with Crippen LogP contribution in [-0.2, 0) is 11.3 Å². The number of hydrogen-bond donors (Lipinski definition) is 0. The Morgan fingerprint density at radius 3 is 2.54 bits per heavy atom. The highest BCUT2D eigenvalue weighted by Crippen LogP contribution is 2.21. The van der Waals surface area contributed by atoms with Crippen LogP contribution in [0.1, 0.15) is 13.8 Å². The second kappa shape index (κ2) is 6.47. The number of fused-ring (bicyclic) bond motifs is 1. The highest BCUT2D eigenvalue weighted by molar-refractivity contribution is 5.82. The lowest BCUT2D eigenvalue weighted by Gasteiger charge is -2.37. The summed E-state index contributed by atoms with van der Waals surface area (Å²) in [5, 5.41) is 0.554. The molecule has 1 aliphatic rings. The van der Waals surface area contributed by atoms with E-state index in [1.54, 1.807) is 0 Å². The Balaban J connectivity index is 1.90. The largest absolute Gasteiger partial charge is 0.372 e. The predicted molar refractivity (Wildman–Crippen MR) is 95.3 cm³/mol. The zero-order valence-electron chi connectivity index (χ0n) is 14.2. The number of rotatable bonds is 4. The van der Waals surface area contributed by atoms with E-state index in [9.17, 15) is 9.59 Å². The van der Waals surface area contributed by atoms with Crippen molar-refractivity contribution in [2.24, 2.45) is 0 Å². The Labute approximate surface area is 141 Å². The molecule has 0 unspecified atom stereocenters. The molecule has 2 aromatic rings. The predicted octanol–water partition coefficient (Wildman–Crippen LogP) is 1.64. The molecule has 1 fully saturated rings. The van der Waals surface area contributed by atoms with Crippen LogP contribution in [0.25, 0.3) is 10.9 Å². The molecule has 1 saturated heterocycles. The molecule has 0 N–H and O–H groups in total. The summed E-state index contributed by atoms with van der Waals surface area (Å²) in [6.07, 6.45) is 1.44. The molecule has 0 atom stereocenters. The second-order valence-corrected chi connectivity index (χ2v) is 6.29. The molecular weight excluding hydrogens is 304 g/mol. The smallest absolute Gasteiger partial charge is 0.261 e. The van der Waals surface area contributed by atoms with E-state index < -0.39 is 0 Å². The van der Waals surface area contributed by atoms with Crippen molar-refractivity contribution in [3.05, 3.63) is 47.2 Å². The Kier molecular flexibility index (Phi) is 4.38. The molecule has 0 saturated carbocycles. The van der Waals surface area contributed by atoms with Crippen LogP contribution < -0.4 is 10.5 Å². The van der Waals surface area contributed by atoms with Gasteiger partial charge >= 0.3 is 0 Å². The lowest BCUT2D eigenvalue weighted by Crippen LogP contribution is -2.45. The Hall–Kier alpha value is -2.63. The van der Waals surface area contributed by atoms with Gasteiger partial charge in [0.05, 0.1) is 23.8 Å². The van der Waals surface area contributed by atoms with Gasteiger partial charge in [0, 0.05) is 37.6 Å². The first-order chi connectivity index (χ1) is 11.5. The number of hydrogen-bond acceptors (Lipinski definition) is 5. The quantitative estimate of drug-likeness (QED) is 0.855. The summed E-state index contributed by atoms with van der Waals surface area (Å²) in [7, 11) is 0. The maximum Gasteiger partial charge on any atom is 0.261 e. The zero-order chi connectivity index (χ0) is 17.3. The highest BCUT2D eigenvalue weighted by atomic mass is 16.1. The summed E-state index contributed by atoms with van der Waals surface area (Å²) in [6.45, 7) is 11.2. The number of anilines is 1. The molecule has 3 rings (SSSR count). The van der Waals surface area contributed by atoms with Crippen molar-refractivity contribution in [1.82, 2.24) is 14.5 Å². The number of nitrogens with zero attached hydrogens (tertiary/aromatic N) is 4. The average Bonchev–Trinajstić information content (AvgIpc) is 2.57. The Bertz CT molecular complexity index is 848. The van der Waals surface area contributed by atoms with Crippen molar-refractivity contribution in [3.8, 4) is 0 Å². The summed E-state index contributed by atoms with van der Waals surface area (Å²) in [4.78, 5) is 32.7. The number of aromatic nitrogens is 2. The standard InChI is InChI=1S/C18H22N4O2/c1-13(2)20-6-8-21(9-7-20)15-4-5-17-16(10-15)18(24)22(12-19-17)11-14(3)23/h4-5,10,12H,1,6-9,11H2,2-3H3. The first-order valence-corrected chi connectivity index (χ1v) is 8.10. The molecule has 6 heteroatoms. The van der Waals surface area contributed by atoms with Gasteiger partial charge in [-0.05, 0) is 32.0 Å². The van der Waals surface area contributed by atoms with Gasteiger partial charge in [0.25, 0.3) is 5.56 Å². The number of Topliss-reactive ketones (excluding diaryl/α,β-unsaturated/α-hetero) is 1. The topological polar surface area (TPSA) is 58.4 Å². The van der Waals surface area contributed by atoms with E-state index in [1.165, 1.54) is 17.8 Å². The van der Waals surface area contributed by atoms with Gasteiger partial charge in [-0.25, -0.2) is 4.98 Å². The molecule has 1 aliphatic heterocycles. The normalized spacial score (nSPS) is 14.9. The molecule has 1 aromatic carbocycles. The number of piperazine rings is 1. The highest BCUT2D eigenvalue weighted by Gasteiger charge is 2.17. The summed E-state index contributed by atoms with van der Waals surface area (Å²) < 4.78 is 1.37. The van der Waals surface area contributed by atoms with Gasteiger partial charge in [-0.2, -0.15) is 0 Å². The summed E-state index contributed by atoms with van der Waals surface area (Å²) >= 11 is 0. The van der Waals surface area contributed by atoms with E-state index >= 15 is 0 Å². The Morgan fingerprint density at radius 2 is 1.92 bits per heavy atom. The van der Waals surface area contributed by atoms with Crippen LogP contribution in [0.15, 0.2) is 41.6 Å². The minimum Gasteiger partial charge on any atom is -0.372 e.